The van der Waals surface area contributed by atoms with Crippen LogP contribution in [0, 0.1) is 6.92 Å². The lowest BCUT2D eigenvalue weighted by molar-refractivity contribution is 0.264. The van der Waals surface area contributed by atoms with Crippen molar-refractivity contribution in [3.63, 3.8) is 0 Å². The number of aliphatic hydroxyl groups excluding tert-OH is 1. The van der Waals surface area contributed by atoms with Gasteiger partial charge in [0.2, 0.25) is 0 Å². The molecule has 124 valence electrons. The number of aliphatic hydroxyl groups is 1. The number of ether oxygens (including phenoxy) is 2. The zero-order chi connectivity index (χ0) is 16.5. The van der Waals surface area contributed by atoms with Gasteiger partial charge in [-0.3, -0.25) is 0 Å². The highest BCUT2D eigenvalue weighted by Crippen LogP contribution is 2.32. The molecule has 2 aromatic carbocycles. The van der Waals surface area contributed by atoms with Gasteiger partial charge in [-0.1, -0.05) is 42.0 Å². The van der Waals surface area contributed by atoms with Gasteiger partial charge in [0.05, 0.1) is 13.2 Å². The van der Waals surface area contributed by atoms with Crippen molar-refractivity contribution >= 4 is 0 Å². The van der Waals surface area contributed by atoms with Gasteiger partial charge in [-0.15, -0.1) is 0 Å². The molecule has 23 heavy (non-hydrogen) atoms. The van der Waals surface area contributed by atoms with E-state index in [1.165, 1.54) is 5.56 Å². The highest BCUT2D eigenvalue weighted by atomic mass is 16.5. The zero-order valence-corrected chi connectivity index (χ0v) is 13.8. The molecule has 0 aliphatic heterocycles. The van der Waals surface area contributed by atoms with Crippen LogP contribution in [0.2, 0.25) is 0 Å². The van der Waals surface area contributed by atoms with Gasteiger partial charge in [-0.25, -0.2) is 0 Å². The number of rotatable bonds is 9. The molecular formula is C19H25NO3. The highest BCUT2D eigenvalue weighted by molar-refractivity contribution is 5.46. The molecule has 0 saturated heterocycles. The lowest BCUT2D eigenvalue weighted by atomic mass is 10.1. The molecule has 0 aromatic heterocycles. The zero-order valence-electron chi connectivity index (χ0n) is 13.8. The minimum atomic E-state index is 0.116. The van der Waals surface area contributed by atoms with Gasteiger partial charge in [0.15, 0.2) is 11.5 Å². The van der Waals surface area contributed by atoms with Crippen LogP contribution >= 0.6 is 0 Å². The molecule has 0 aliphatic rings. The Bertz CT molecular complexity index is 596. The topological polar surface area (TPSA) is 50.7 Å². The maximum atomic E-state index is 8.91. The van der Waals surface area contributed by atoms with E-state index in [2.05, 4.69) is 36.5 Å². The first kappa shape index (κ1) is 17.3. The Morgan fingerprint density at radius 3 is 2.52 bits per heavy atom. The SMILES string of the molecule is CCOc1cccc(CNCCO)c1OCc1ccc(C)cc1. The van der Waals surface area contributed by atoms with E-state index in [4.69, 9.17) is 14.6 Å². The molecule has 2 rings (SSSR count). The van der Waals surface area contributed by atoms with Gasteiger partial charge in [-0.05, 0) is 25.5 Å². The number of benzene rings is 2. The largest absolute Gasteiger partial charge is 0.490 e. The molecule has 2 aromatic rings. The fraction of sp³-hybridized carbons (Fsp3) is 0.368. The lowest BCUT2D eigenvalue weighted by Gasteiger charge is -2.16. The van der Waals surface area contributed by atoms with Crippen LogP contribution in [-0.4, -0.2) is 24.9 Å². The number of nitrogens with one attached hydrogen (secondary N) is 1. The standard InChI is InChI=1S/C19H25NO3/c1-3-22-18-6-4-5-17(13-20-11-12-21)19(18)23-14-16-9-7-15(2)8-10-16/h4-10,20-21H,3,11-14H2,1-2H3. The van der Waals surface area contributed by atoms with E-state index in [1.807, 2.05) is 25.1 Å². The van der Waals surface area contributed by atoms with Crippen molar-refractivity contribution in [1.29, 1.82) is 0 Å². The predicted molar refractivity (Wildman–Crippen MR) is 91.9 cm³/mol. The quantitative estimate of drug-likeness (QED) is 0.698. The number of hydrogen-bond acceptors (Lipinski definition) is 4. The van der Waals surface area contributed by atoms with E-state index < -0.39 is 0 Å². The summed E-state index contributed by atoms with van der Waals surface area (Å²) in [5, 5.41) is 12.1. The average Bonchev–Trinajstić information content (AvgIpc) is 2.56. The molecule has 0 fully saturated rings. The molecule has 0 aliphatic carbocycles. The first-order chi connectivity index (χ1) is 11.2. The number of aryl methyl sites for hydroxylation is 1. The summed E-state index contributed by atoms with van der Waals surface area (Å²) < 4.78 is 11.7. The third kappa shape index (κ3) is 5.27. The molecule has 0 heterocycles. The van der Waals surface area contributed by atoms with Crippen molar-refractivity contribution in [3.05, 3.63) is 59.2 Å². The van der Waals surface area contributed by atoms with Crippen molar-refractivity contribution in [3.8, 4) is 11.5 Å². The van der Waals surface area contributed by atoms with Crippen molar-refractivity contribution in [2.45, 2.75) is 27.0 Å². The van der Waals surface area contributed by atoms with Crippen molar-refractivity contribution in [2.75, 3.05) is 19.8 Å². The van der Waals surface area contributed by atoms with Crippen molar-refractivity contribution in [2.24, 2.45) is 0 Å². The van der Waals surface area contributed by atoms with Gasteiger partial charge >= 0.3 is 0 Å². The molecule has 0 spiro atoms. The minimum Gasteiger partial charge on any atom is -0.490 e. The second-order valence-corrected chi connectivity index (χ2v) is 5.35. The molecule has 0 atom stereocenters. The molecular weight excluding hydrogens is 290 g/mol. The van der Waals surface area contributed by atoms with Gasteiger partial charge in [0.25, 0.3) is 0 Å². The molecule has 0 radical (unpaired) electrons. The Balaban J connectivity index is 2.13. The molecule has 4 nitrogen and oxygen atoms in total. The monoisotopic (exact) mass is 315 g/mol. The summed E-state index contributed by atoms with van der Waals surface area (Å²) in [4.78, 5) is 0. The predicted octanol–water partition coefficient (Wildman–Crippen LogP) is 3.05. The Labute approximate surface area is 138 Å². The smallest absolute Gasteiger partial charge is 0.166 e. The second-order valence-electron chi connectivity index (χ2n) is 5.35. The van der Waals surface area contributed by atoms with Crippen LogP contribution < -0.4 is 14.8 Å². The van der Waals surface area contributed by atoms with Gasteiger partial charge in [-0.2, -0.15) is 0 Å². The summed E-state index contributed by atoms with van der Waals surface area (Å²) in [7, 11) is 0. The molecule has 0 amide bonds. The van der Waals surface area contributed by atoms with Crippen LogP contribution in [0.1, 0.15) is 23.6 Å². The van der Waals surface area contributed by atoms with Crippen LogP contribution in [-0.2, 0) is 13.2 Å². The third-order valence-electron chi connectivity index (χ3n) is 3.47. The molecule has 0 saturated carbocycles. The first-order valence-electron chi connectivity index (χ1n) is 7.99. The Morgan fingerprint density at radius 2 is 1.83 bits per heavy atom. The van der Waals surface area contributed by atoms with Crippen molar-refractivity contribution < 1.29 is 14.6 Å². The summed E-state index contributed by atoms with van der Waals surface area (Å²) in [5.74, 6) is 1.52. The van der Waals surface area contributed by atoms with Crippen LogP contribution in [0.15, 0.2) is 42.5 Å². The van der Waals surface area contributed by atoms with E-state index >= 15 is 0 Å². The van der Waals surface area contributed by atoms with E-state index in [0.717, 1.165) is 22.6 Å². The average molecular weight is 315 g/mol. The number of para-hydroxylation sites is 1. The first-order valence-corrected chi connectivity index (χ1v) is 7.99. The summed E-state index contributed by atoms with van der Waals surface area (Å²) in [6, 6.07) is 14.2. The lowest BCUT2D eigenvalue weighted by Crippen LogP contribution is -2.18. The van der Waals surface area contributed by atoms with Gasteiger partial charge < -0.3 is 19.9 Å². The van der Waals surface area contributed by atoms with Gasteiger partial charge in [0.1, 0.15) is 6.61 Å². The third-order valence-corrected chi connectivity index (χ3v) is 3.47. The highest BCUT2D eigenvalue weighted by Gasteiger charge is 2.11. The fourth-order valence-electron chi connectivity index (χ4n) is 2.28. The van der Waals surface area contributed by atoms with E-state index in [-0.39, 0.29) is 6.61 Å². The number of hydrogen-bond donors (Lipinski definition) is 2. The fourth-order valence-corrected chi connectivity index (χ4v) is 2.28. The summed E-state index contributed by atoms with van der Waals surface area (Å²) in [6.45, 7) is 6.41. The Morgan fingerprint density at radius 1 is 1.04 bits per heavy atom. The summed E-state index contributed by atoms with van der Waals surface area (Å²) in [5.41, 5.74) is 3.38. The minimum absolute atomic E-state index is 0.116. The Hall–Kier alpha value is -2.04. The Kier molecular flexibility index (Phi) is 6.91. The van der Waals surface area contributed by atoms with E-state index in [1.54, 1.807) is 0 Å². The van der Waals surface area contributed by atoms with Crippen LogP contribution in [0.5, 0.6) is 11.5 Å². The van der Waals surface area contributed by atoms with Gasteiger partial charge in [0, 0.05) is 18.7 Å². The molecule has 0 bridgehead atoms. The van der Waals surface area contributed by atoms with Crippen LogP contribution in [0.25, 0.3) is 0 Å². The summed E-state index contributed by atoms with van der Waals surface area (Å²) in [6.07, 6.45) is 0. The summed E-state index contributed by atoms with van der Waals surface area (Å²) >= 11 is 0. The maximum absolute atomic E-state index is 8.91. The van der Waals surface area contributed by atoms with Crippen LogP contribution in [0.4, 0.5) is 0 Å². The second kappa shape index (κ2) is 9.18. The van der Waals surface area contributed by atoms with Crippen molar-refractivity contribution in [1.82, 2.24) is 5.32 Å². The van der Waals surface area contributed by atoms with E-state index in [9.17, 15) is 0 Å². The normalized spacial score (nSPS) is 10.6. The van der Waals surface area contributed by atoms with Crippen LogP contribution in [0.3, 0.4) is 0 Å². The molecule has 4 heteroatoms. The van der Waals surface area contributed by atoms with E-state index in [0.29, 0.717) is 26.3 Å². The maximum Gasteiger partial charge on any atom is 0.166 e. The molecule has 0 unspecified atom stereocenters. The molecule has 2 N–H and O–H groups in total.